The first-order valence-corrected chi connectivity index (χ1v) is 7.12. The average Bonchev–Trinajstić information content (AvgIpc) is 3.13. The number of rotatable bonds is 7. The fourth-order valence-electron chi connectivity index (χ4n) is 3.53. The molecular weight excluding hydrogens is 346 g/mol. The van der Waals surface area contributed by atoms with Gasteiger partial charge in [0.05, 0.1) is 18.1 Å². The molecule has 0 bridgehead atoms. The van der Waals surface area contributed by atoms with E-state index in [0.29, 0.717) is 0 Å². The highest BCUT2D eigenvalue weighted by Crippen LogP contribution is 2.62. The van der Waals surface area contributed by atoms with Crippen molar-refractivity contribution in [1.29, 1.82) is 0 Å². The first-order chi connectivity index (χ1) is 10.6. The second-order valence-electron chi connectivity index (χ2n) is 6.12. The molecule has 2 aliphatic rings. The summed E-state index contributed by atoms with van der Waals surface area (Å²) in [5, 5.41) is 30.8. The molecule has 0 heterocycles. The van der Waals surface area contributed by atoms with Crippen LogP contribution in [0.25, 0.3) is 0 Å². The normalized spacial score (nSPS) is 34.4. The number of carbonyl (C=O) groups is 4. The van der Waals surface area contributed by atoms with E-state index < -0.39 is 59.2 Å². The minimum atomic E-state index is -1.87. The SMILES string of the molecule is Cl.NC(=O)CC[C@H](N)C(=O)N[C@@]1(C(=O)O)C[C@H](O)[C@H]2[C@H](C(=O)O)[C@H]21. The van der Waals surface area contributed by atoms with E-state index in [0.717, 1.165) is 0 Å². The zero-order chi connectivity index (χ0) is 17.5. The van der Waals surface area contributed by atoms with Crippen molar-refractivity contribution in [3.05, 3.63) is 0 Å². The molecule has 0 aromatic carbocycles. The zero-order valence-electron chi connectivity index (χ0n) is 12.5. The van der Waals surface area contributed by atoms with E-state index in [1.807, 2.05) is 0 Å². The maximum Gasteiger partial charge on any atom is 0.329 e. The van der Waals surface area contributed by atoms with Gasteiger partial charge in [-0.1, -0.05) is 0 Å². The number of carbonyl (C=O) groups excluding carboxylic acids is 2. The van der Waals surface area contributed by atoms with Gasteiger partial charge in [0.25, 0.3) is 0 Å². The molecule has 2 saturated carbocycles. The Balaban J connectivity index is 0.00000288. The number of aliphatic carboxylic acids is 2. The summed E-state index contributed by atoms with van der Waals surface area (Å²) in [5.41, 5.74) is 8.69. The smallest absolute Gasteiger partial charge is 0.329 e. The quantitative estimate of drug-likeness (QED) is 0.288. The molecule has 11 heteroatoms. The molecule has 2 fully saturated rings. The fraction of sp³-hybridized carbons (Fsp3) is 0.692. The molecule has 24 heavy (non-hydrogen) atoms. The number of amides is 2. The number of nitrogens with two attached hydrogens (primary N) is 2. The Hall–Kier alpha value is -1.91. The Labute approximate surface area is 143 Å². The summed E-state index contributed by atoms with van der Waals surface area (Å²) in [4.78, 5) is 45.6. The lowest BCUT2D eigenvalue weighted by Gasteiger charge is -2.30. The number of fused-ring (bicyclic) bond motifs is 1. The van der Waals surface area contributed by atoms with Crippen LogP contribution in [0.4, 0.5) is 0 Å². The van der Waals surface area contributed by atoms with Gasteiger partial charge < -0.3 is 32.1 Å². The summed E-state index contributed by atoms with van der Waals surface area (Å²) in [6.45, 7) is 0. The second-order valence-corrected chi connectivity index (χ2v) is 6.12. The van der Waals surface area contributed by atoms with Crippen molar-refractivity contribution in [2.45, 2.75) is 36.9 Å². The van der Waals surface area contributed by atoms with Crippen LogP contribution in [0.1, 0.15) is 19.3 Å². The molecule has 2 aliphatic carbocycles. The summed E-state index contributed by atoms with van der Waals surface area (Å²) in [5.74, 6) is -6.70. The molecule has 10 nitrogen and oxygen atoms in total. The van der Waals surface area contributed by atoms with Crippen molar-refractivity contribution in [2.75, 3.05) is 0 Å². The van der Waals surface area contributed by atoms with Gasteiger partial charge in [0.2, 0.25) is 11.8 Å². The molecule has 0 spiro atoms. The fourth-order valence-corrected chi connectivity index (χ4v) is 3.53. The molecule has 0 unspecified atom stereocenters. The zero-order valence-corrected chi connectivity index (χ0v) is 13.4. The molecule has 2 rings (SSSR count). The lowest BCUT2D eigenvalue weighted by atomic mass is 9.89. The van der Waals surface area contributed by atoms with E-state index in [1.54, 1.807) is 0 Å². The summed E-state index contributed by atoms with van der Waals surface area (Å²) >= 11 is 0. The van der Waals surface area contributed by atoms with Crippen molar-refractivity contribution in [3.8, 4) is 0 Å². The molecule has 0 radical (unpaired) electrons. The molecule has 0 saturated heterocycles. The summed E-state index contributed by atoms with van der Waals surface area (Å²) in [7, 11) is 0. The van der Waals surface area contributed by atoms with Crippen LogP contribution in [-0.4, -0.2) is 56.8 Å². The molecule has 8 N–H and O–H groups in total. The van der Waals surface area contributed by atoms with Gasteiger partial charge in [-0.2, -0.15) is 0 Å². The Kier molecular flexibility index (Phi) is 5.80. The number of aliphatic hydroxyl groups excluding tert-OH is 1. The molecule has 6 atom stereocenters. The van der Waals surface area contributed by atoms with E-state index in [-0.39, 0.29) is 31.7 Å². The van der Waals surface area contributed by atoms with Crippen LogP contribution < -0.4 is 16.8 Å². The third-order valence-corrected chi connectivity index (χ3v) is 4.67. The number of carboxylic acids is 2. The Bertz CT molecular complexity index is 572. The maximum atomic E-state index is 12.1. The van der Waals surface area contributed by atoms with Crippen LogP contribution in [0.2, 0.25) is 0 Å². The highest BCUT2D eigenvalue weighted by molar-refractivity contribution is 5.92. The number of halogens is 1. The van der Waals surface area contributed by atoms with Crippen LogP contribution in [0.3, 0.4) is 0 Å². The van der Waals surface area contributed by atoms with Gasteiger partial charge in [-0.3, -0.25) is 14.4 Å². The molecule has 0 aromatic rings. The lowest BCUT2D eigenvalue weighted by molar-refractivity contribution is -0.151. The molecule has 136 valence electrons. The first kappa shape index (κ1) is 20.1. The predicted octanol–water partition coefficient (Wildman–Crippen LogP) is -2.35. The monoisotopic (exact) mass is 365 g/mol. The van der Waals surface area contributed by atoms with Crippen LogP contribution in [0.15, 0.2) is 0 Å². The van der Waals surface area contributed by atoms with Gasteiger partial charge in [-0.05, 0) is 6.42 Å². The number of hydrogen-bond donors (Lipinski definition) is 6. The highest BCUT2D eigenvalue weighted by atomic mass is 35.5. The van der Waals surface area contributed by atoms with Crippen LogP contribution in [0, 0.1) is 17.8 Å². The van der Waals surface area contributed by atoms with Crippen LogP contribution in [-0.2, 0) is 19.2 Å². The Morgan fingerprint density at radius 1 is 1.25 bits per heavy atom. The third-order valence-electron chi connectivity index (χ3n) is 4.67. The van der Waals surface area contributed by atoms with E-state index >= 15 is 0 Å². The predicted molar refractivity (Wildman–Crippen MR) is 80.9 cm³/mol. The van der Waals surface area contributed by atoms with E-state index in [1.165, 1.54) is 0 Å². The summed E-state index contributed by atoms with van der Waals surface area (Å²) in [6, 6.07) is -1.16. The minimum absolute atomic E-state index is 0. The van der Waals surface area contributed by atoms with Crippen molar-refractivity contribution < 1.29 is 34.5 Å². The minimum Gasteiger partial charge on any atom is -0.481 e. The van der Waals surface area contributed by atoms with Gasteiger partial charge in [0.15, 0.2) is 0 Å². The van der Waals surface area contributed by atoms with Gasteiger partial charge in [0.1, 0.15) is 5.54 Å². The van der Waals surface area contributed by atoms with Crippen molar-refractivity contribution >= 4 is 36.2 Å². The third kappa shape index (κ3) is 3.30. The van der Waals surface area contributed by atoms with Gasteiger partial charge >= 0.3 is 11.9 Å². The number of hydrogen-bond acceptors (Lipinski definition) is 6. The second kappa shape index (κ2) is 6.91. The summed E-state index contributed by atoms with van der Waals surface area (Å²) < 4.78 is 0. The number of primary amides is 1. The largest absolute Gasteiger partial charge is 0.481 e. The lowest BCUT2D eigenvalue weighted by Crippen LogP contribution is -2.60. The van der Waals surface area contributed by atoms with Crippen molar-refractivity contribution in [2.24, 2.45) is 29.2 Å². The molecular formula is C13H20ClN3O7. The Morgan fingerprint density at radius 3 is 2.25 bits per heavy atom. The van der Waals surface area contributed by atoms with E-state index in [9.17, 15) is 29.4 Å². The standard InChI is InChI=1S/C13H19N3O7.ClH/c14-4(1-2-6(15)18)10(19)16-13(12(22)23)3-5(17)7-8(9(7)13)11(20)21;/h4-5,7-9,17H,1-3,14H2,(H2,15,18)(H,16,19)(H,20,21)(H,22,23);1H/t4-,5-,7-,8-,9-,13-;/m0./s1. The molecule has 0 aromatic heterocycles. The number of carboxylic acid groups (broad SMARTS) is 2. The number of aliphatic hydroxyl groups is 1. The first-order valence-electron chi connectivity index (χ1n) is 7.12. The Morgan fingerprint density at radius 2 is 1.83 bits per heavy atom. The topological polar surface area (TPSA) is 193 Å². The molecule has 2 amide bonds. The average molecular weight is 366 g/mol. The van der Waals surface area contributed by atoms with Crippen molar-refractivity contribution in [1.82, 2.24) is 5.32 Å². The van der Waals surface area contributed by atoms with E-state index in [4.69, 9.17) is 16.6 Å². The van der Waals surface area contributed by atoms with Crippen LogP contribution in [0.5, 0.6) is 0 Å². The van der Waals surface area contributed by atoms with Crippen molar-refractivity contribution in [3.63, 3.8) is 0 Å². The summed E-state index contributed by atoms with van der Waals surface area (Å²) in [6.07, 6.45) is -1.61. The van der Waals surface area contributed by atoms with Gasteiger partial charge in [-0.15, -0.1) is 12.4 Å². The number of nitrogens with one attached hydrogen (secondary N) is 1. The highest BCUT2D eigenvalue weighted by Gasteiger charge is 2.75. The van der Waals surface area contributed by atoms with Gasteiger partial charge in [0, 0.05) is 24.7 Å². The maximum absolute atomic E-state index is 12.1. The van der Waals surface area contributed by atoms with Gasteiger partial charge in [-0.25, -0.2) is 4.79 Å². The molecule has 0 aliphatic heterocycles. The van der Waals surface area contributed by atoms with E-state index in [2.05, 4.69) is 5.32 Å². The van der Waals surface area contributed by atoms with Crippen LogP contribution >= 0.6 is 12.4 Å².